The zero-order valence-electron chi connectivity index (χ0n) is 13.0. The first-order valence-electron chi connectivity index (χ1n) is 8.33. The van der Waals surface area contributed by atoms with Gasteiger partial charge in [-0.2, -0.15) is 0 Å². The van der Waals surface area contributed by atoms with Crippen LogP contribution in [0.1, 0.15) is 37.2 Å². The molecule has 0 radical (unpaired) electrons. The van der Waals surface area contributed by atoms with Crippen molar-refractivity contribution in [2.45, 2.75) is 31.6 Å². The maximum atomic E-state index is 12.4. The maximum absolute atomic E-state index is 12.4. The summed E-state index contributed by atoms with van der Waals surface area (Å²) in [6, 6.07) is 15.1. The third-order valence-electron chi connectivity index (χ3n) is 5.79. The van der Waals surface area contributed by atoms with Gasteiger partial charge in [-0.1, -0.05) is 48.9 Å². The van der Waals surface area contributed by atoms with Gasteiger partial charge < -0.3 is 4.74 Å². The molecule has 2 fully saturated rings. The Labute approximate surface area is 131 Å². The van der Waals surface area contributed by atoms with Crippen molar-refractivity contribution < 1.29 is 9.53 Å². The topological polar surface area (TPSA) is 26.3 Å². The van der Waals surface area contributed by atoms with Gasteiger partial charge in [0.2, 0.25) is 0 Å². The molecule has 2 aromatic rings. The van der Waals surface area contributed by atoms with Crippen molar-refractivity contribution in [1.82, 2.24) is 0 Å². The van der Waals surface area contributed by atoms with Crippen LogP contribution in [0.2, 0.25) is 0 Å². The first-order chi connectivity index (χ1) is 10.8. The molecule has 0 N–H and O–H groups in total. The minimum Gasteiger partial charge on any atom is -0.469 e. The number of esters is 1. The summed E-state index contributed by atoms with van der Waals surface area (Å²) < 4.78 is 5.14. The van der Waals surface area contributed by atoms with Gasteiger partial charge in [-0.05, 0) is 53.4 Å². The fourth-order valence-electron chi connectivity index (χ4n) is 4.76. The molecule has 0 saturated heterocycles. The van der Waals surface area contributed by atoms with Crippen LogP contribution in [0.4, 0.5) is 0 Å². The molecule has 4 rings (SSSR count). The van der Waals surface area contributed by atoms with Crippen molar-refractivity contribution in [3.8, 4) is 0 Å². The van der Waals surface area contributed by atoms with Crippen molar-refractivity contribution in [3.05, 3.63) is 48.0 Å². The Kier molecular flexibility index (Phi) is 3.40. The first kappa shape index (κ1) is 13.8. The van der Waals surface area contributed by atoms with E-state index in [0.29, 0.717) is 11.8 Å². The average molecular weight is 294 g/mol. The van der Waals surface area contributed by atoms with Crippen molar-refractivity contribution in [2.75, 3.05) is 7.11 Å². The molecule has 0 amide bonds. The summed E-state index contributed by atoms with van der Waals surface area (Å²) in [5, 5.41) is 2.53. The largest absolute Gasteiger partial charge is 0.469 e. The number of carbonyl (C=O) groups excluding carboxylic acids is 1. The summed E-state index contributed by atoms with van der Waals surface area (Å²) in [6.45, 7) is 0. The smallest absolute Gasteiger partial charge is 0.309 e. The molecule has 0 heterocycles. The Morgan fingerprint density at radius 1 is 1.05 bits per heavy atom. The Morgan fingerprint density at radius 2 is 1.86 bits per heavy atom. The maximum Gasteiger partial charge on any atom is 0.309 e. The third kappa shape index (κ3) is 2.22. The molecule has 2 heteroatoms. The molecule has 2 aliphatic rings. The fourth-order valence-corrected chi connectivity index (χ4v) is 4.76. The number of hydrogen-bond donors (Lipinski definition) is 0. The molecule has 2 nitrogen and oxygen atoms in total. The molecule has 0 aliphatic heterocycles. The fraction of sp³-hybridized carbons (Fsp3) is 0.450. The molecule has 2 aromatic carbocycles. The van der Waals surface area contributed by atoms with E-state index in [1.807, 2.05) is 0 Å². The van der Waals surface area contributed by atoms with Crippen molar-refractivity contribution >= 4 is 16.7 Å². The highest BCUT2D eigenvalue weighted by molar-refractivity contribution is 5.83. The third-order valence-corrected chi connectivity index (χ3v) is 5.79. The summed E-state index contributed by atoms with van der Waals surface area (Å²) in [6.07, 6.45) is 4.81. The quantitative estimate of drug-likeness (QED) is 0.760. The summed E-state index contributed by atoms with van der Waals surface area (Å²) >= 11 is 0. The van der Waals surface area contributed by atoms with Crippen LogP contribution in [0, 0.1) is 17.8 Å². The monoisotopic (exact) mass is 294 g/mol. The molecule has 2 saturated carbocycles. The van der Waals surface area contributed by atoms with Gasteiger partial charge >= 0.3 is 5.97 Å². The van der Waals surface area contributed by atoms with Gasteiger partial charge in [0.15, 0.2) is 0 Å². The van der Waals surface area contributed by atoms with Crippen LogP contribution < -0.4 is 0 Å². The lowest BCUT2D eigenvalue weighted by Crippen LogP contribution is -2.33. The molecule has 2 aliphatic carbocycles. The molecule has 22 heavy (non-hydrogen) atoms. The molecular weight excluding hydrogens is 272 g/mol. The van der Waals surface area contributed by atoms with E-state index in [2.05, 4.69) is 42.5 Å². The number of rotatable bonds is 2. The number of fused-ring (bicyclic) bond motifs is 3. The predicted octanol–water partition coefficient (Wildman–Crippen LogP) is 4.53. The lowest BCUT2D eigenvalue weighted by atomic mass is 9.69. The van der Waals surface area contributed by atoms with Crippen molar-refractivity contribution in [1.29, 1.82) is 0 Å². The average Bonchev–Trinajstić information content (AvgIpc) is 2.95. The van der Waals surface area contributed by atoms with E-state index in [4.69, 9.17) is 4.74 Å². The van der Waals surface area contributed by atoms with Gasteiger partial charge in [-0.3, -0.25) is 4.79 Å². The first-order valence-corrected chi connectivity index (χ1v) is 8.33. The van der Waals surface area contributed by atoms with Gasteiger partial charge in [-0.25, -0.2) is 0 Å². The highest BCUT2D eigenvalue weighted by Crippen LogP contribution is 2.52. The van der Waals surface area contributed by atoms with Crippen LogP contribution in [0.15, 0.2) is 42.5 Å². The normalized spacial score (nSPS) is 30.4. The highest BCUT2D eigenvalue weighted by Gasteiger charge is 2.46. The van der Waals surface area contributed by atoms with E-state index in [9.17, 15) is 4.79 Å². The second-order valence-electron chi connectivity index (χ2n) is 6.94. The number of ether oxygens (including phenoxy) is 1. The van der Waals surface area contributed by atoms with Crippen LogP contribution in [-0.2, 0) is 9.53 Å². The Morgan fingerprint density at radius 3 is 2.68 bits per heavy atom. The lowest BCUT2D eigenvalue weighted by Gasteiger charge is -2.35. The van der Waals surface area contributed by atoms with Crippen LogP contribution in [0.25, 0.3) is 10.8 Å². The van der Waals surface area contributed by atoms with Crippen LogP contribution in [0.3, 0.4) is 0 Å². The zero-order chi connectivity index (χ0) is 15.1. The van der Waals surface area contributed by atoms with Crippen LogP contribution >= 0.6 is 0 Å². The number of methoxy groups -OCH3 is 1. The van der Waals surface area contributed by atoms with E-state index in [1.54, 1.807) is 0 Å². The molecule has 0 aromatic heterocycles. The number of carbonyl (C=O) groups is 1. The molecular formula is C20H22O2. The zero-order valence-corrected chi connectivity index (χ0v) is 13.0. The van der Waals surface area contributed by atoms with E-state index in [-0.39, 0.29) is 11.9 Å². The van der Waals surface area contributed by atoms with E-state index < -0.39 is 0 Å². The van der Waals surface area contributed by atoms with Gasteiger partial charge in [0, 0.05) is 0 Å². The van der Waals surface area contributed by atoms with Gasteiger partial charge in [0.05, 0.1) is 13.0 Å². The standard InChI is InChI=1S/C20H22O2/c1-22-20(21)19-17-7-6-13(10-17)11-18(19)16-9-8-14-4-2-3-5-15(14)12-16/h2-5,8-9,12-13,17-19H,6-7,10-11H2,1H3/t13-,17+,18+,19-/m0/s1. The van der Waals surface area contributed by atoms with Gasteiger partial charge in [0.25, 0.3) is 0 Å². The number of benzene rings is 2. The van der Waals surface area contributed by atoms with Crippen LogP contribution in [-0.4, -0.2) is 13.1 Å². The Bertz CT molecular complexity index is 706. The minimum atomic E-state index is -0.0106. The van der Waals surface area contributed by atoms with Gasteiger partial charge in [-0.15, -0.1) is 0 Å². The summed E-state index contributed by atoms with van der Waals surface area (Å²) in [5.41, 5.74) is 1.31. The lowest BCUT2D eigenvalue weighted by molar-refractivity contribution is -0.149. The second-order valence-corrected chi connectivity index (χ2v) is 6.94. The molecule has 4 atom stereocenters. The Hall–Kier alpha value is -1.83. The van der Waals surface area contributed by atoms with Crippen molar-refractivity contribution in [3.63, 3.8) is 0 Å². The SMILES string of the molecule is COC(=O)[C@H]1[C@@H]2CC[C@@H](C2)C[C@@H]1c1ccc2ccccc2c1. The van der Waals surface area contributed by atoms with Crippen molar-refractivity contribution in [2.24, 2.45) is 17.8 Å². The molecule has 2 bridgehead atoms. The number of hydrogen-bond acceptors (Lipinski definition) is 2. The van der Waals surface area contributed by atoms with E-state index in [1.165, 1.54) is 42.7 Å². The van der Waals surface area contributed by atoms with Gasteiger partial charge in [0.1, 0.15) is 0 Å². The minimum absolute atomic E-state index is 0.0106. The molecule has 0 spiro atoms. The van der Waals surface area contributed by atoms with E-state index in [0.717, 1.165) is 12.3 Å². The predicted molar refractivity (Wildman–Crippen MR) is 87.6 cm³/mol. The highest BCUT2D eigenvalue weighted by atomic mass is 16.5. The summed E-state index contributed by atoms with van der Waals surface area (Å²) in [7, 11) is 1.53. The molecule has 114 valence electrons. The summed E-state index contributed by atoms with van der Waals surface area (Å²) in [4.78, 5) is 12.4. The summed E-state index contributed by atoms with van der Waals surface area (Å²) in [5.74, 6) is 1.67. The van der Waals surface area contributed by atoms with E-state index >= 15 is 0 Å². The Balaban J connectivity index is 1.75. The van der Waals surface area contributed by atoms with Crippen LogP contribution in [0.5, 0.6) is 0 Å². The molecule has 0 unspecified atom stereocenters. The second kappa shape index (κ2) is 5.42.